The highest BCUT2D eigenvalue weighted by atomic mass is 16.5. The molecule has 0 bridgehead atoms. The zero-order valence-electron chi connectivity index (χ0n) is 52.4. The largest absolute Gasteiger partial charge is 0.466 e. The lowest BCUT2D eigenvalue weighted by atomic mass is 10.0. The van der Waals surface area contributed by atoms with Gasteiger partial charge in [-0.1, -0.05) is 319 Å². The molecule has 78 heavy (non-hydrogen) atoms. The lowest BCUT2D eigenvalue weighted by molar-refractivity contribution is -0.143. The van der Waals surface area contributed by atoms with Gasteiger partial charge in [-0.25, -0.2) is 0 Å². The molecule has 0 aromatic carbocycles. The molecule has 0 radical (unpaired) electrons. The third-order valence-electron chi connectivity index (χ3n) is 16.1. The summed E-state index contributed by atoms with van der Waals surface area (Å²) in [5.41, 5.74) is 0. The Morgan fingerprint density at radius 1 is 0.359 bits per heavy atom. The van der Waals surface area contributed by atoms with Crippen LogP contribution in [0.5, 0.6) is 0 Å². The molecule has 2 unspecified atom stereocenters. The number of amides is 1. The SMILES string of the molecule is CCCCC/C=C\CCCCCCCC(=O)OCCCCCCCCCCC/C=C\C/C=C\CCCCCCCCCCCCCCCC(=O)NC(CO)C(O)/C=C/CCCCCCCCCCCCCCCCCCCC. The van der Waals surface area contributed by atoms with Crippen LogP contribution in [0.2, 0.25) is 0 Å². The van der Waals surface area contributed by atoms with Crippen molar-refractivity contribution >= 4 is 11.9 Å². The number of esters is 1. The minimum Gasteiger partial charge on any atom is -0.466 e. The molecular weight excluding hydrogens is 959 g/mol. The molecule has 3 N–H and O–H groups in total. The van der Waals surface area contributed by atoms with Crippen LogP contribution in [0.25, 0.3) is 0 Å². The van der Waals surface area contributed by atoms with E-state index in [2.05, 4.69) is 55.6 Å². The molecule has 0 saturated carbocycles. The van der Waals surface area contributed by atoms with E-state index in [1.807, 2.05) is 6.08 Å². The second kappa shape index (κ2) is 67.3. The third-order valence-corrected chi connectivity index (χ3v) is 16.1. The number of allylic oxidation sites excluding steroid dienone is 7. The first-order valence-corrected chi connectivity index (χ1v) is 34.9. The van der Waals surface area contributed by atoms with Crippen LogP contribution in [0.1, 0.15) is 373 Å². The maximum Gasteiger partial charge on any atom is 0.305 e. The fraction of sp³-hybridized carbons (Fsp3) is 0.861. The van der Waals surface area contributed by atoms with Crippen molar-refractivity contribution in [1.82, 2.24) is 5.32 Å². The average molecular weight is 1090 g/mol. The van der Waals surface area contributed by atoms with Crippen molar-refractivity contribution in [2.24, 2.45) is 0 Å². The highest BCUT2D eigenvalue weighted by molar-refractivity contribution is 5.76. The lowest BCUT2D eigenvalue weighted by Crippen LogP contribution is -2.45. The van der Waals surface area contributed by atoms with E-state index in [1.54, 1.807) is 6.08 Å². The molecule has 0 aromatic heterocycles. The zero-order valence-corrected chi connectivity index (χ0v) is 52.4. The number of unbranched alkanes of at least 4 members (excludes halogenated alkanes) is 48. The molecule has 0 aromatic rings. The molecule has 0 fully saturated rings. The van der Waals surface area contributed by atoms with E-state index in [4.69, 9.17) is 4.74 Å². The normalized spacial score (nSPS) is 12.8. The number of rotatable bonds is 65. The van der Waals surface area contributed by atoms with Gasteiger partial charge in [-0.05, 0) is 89.9 Å². The molecule has 0 spiro atoms. The Labute approximate surface area is 486 Å². The monoisotopic (exact) mass is 1090 g/mol. The molecule has 0 aliphatic heterocycles. The van der Waals surface area contributed by atoms with Gasteiger partial charge in [0.15, 0.2) is 0 Å². The van der Waals surface area contributed by atoms with Crippen molar-refractivity contribution < 1.29 is 24.5 Å². The number of aliphatic hydroxyl groups excluding tert-OH is 2. The summed E-state index contributed by atoms with van der Waals surface area (Å²) in [4.78, 5) is 24.5. The fourth-order valence-electron chi connectivity index (χ4n) is 10.7. The van der Waals surface area contributed by atoms with Gasteiger partial charge in [-0.2, -0.15) is 0 Å². The van der Waals surface area contributed by atoms with Crippen LogP contribution in [0.3, 0.4) is 0 Å². The Balaban J connectivity index is 3.44. The van der Waals surface area contributed by atoms with Crippen molar-refractivity contribution in [1.29, 1.82) is 0 Å². The van der Waals surface area contributed by atoms with E-state index in [-0.39, 0.29) is 18.5 Å². The summed E-state index contributed by atoms with van der Waals surface area (Å²) >= 11 is 0. The standard InChI is InChI=1S/C72H135NO5/c1-3-5-7-9-11-13-15-17-18-19-20-32-35-38-41-44-48-52-56-60-64-70(75)69(68-74)73-71(76)65-61-57-53-49-45-42-39-36-33-30-28-26-24-22-21-23-25-27-29-31-34-37-40-43-47-51-55-59-63-67-78-72(77)66-62-58-54-50-46-16-14-12-10-8-6-4-2/h12,14,21,23,27,29,60,64,69-70,74-75H,3-11,13,15-20,22,24-26,28,30-59,61-63,65-68H2,1-2H3,(H,73,76)/b14-12-,23-21-,29-27-,64-60+. The number of aliphatic hydroxyl groups is 2. The van der Waals surface area contributed by atoms with Crippen LogP contribution in [0.4, 0.5) is 0 Å². The maximum absolute atomic E-state index is 12.5. The molecule has 1 amide bonds. The number of carbonyl (C=O) groups is 2. The van der Waals surface area contributed by atoms with Gasteiger partial charge < -0.3 is 20.3 Å². The molecule has 458 valence electrons. The second-order valence-electron chi connectivity index (χ2n) is 23.9. The fourth-order valence-corrected chi connectivity index (χ4v) is 10.7. The molecule has 0 heterocycles. The van der Waals surface area contributed by atoms with Crippen LogP contribution in [0, 0.1) is 0 Å². The van der Waals surface area contributed by atoms with Crippen molar-refractivity contribution in [3.05, 3.63) is 48.6 Å². The maximum atomic E-state index is 12.5. The molecule has 0 rings (SSSR count). The van der Waals surface area contributed by atoms with Gasteiger partial charge in [-0.3, -0.25) is 9.59 Å². The number of hydrogen-bond acceptors (Lipinski definition) is 5. The van der Waals surface area contributed by atoms with Gasteiger partial charge in [-0.15, -0.1) is 0 Å². The van der Waals surface area contributed by atoms with E-state index in [1.165, 1.54) is 295 Å². The Morgan fingerprint density at radius 3 is 1.01 bits per heavy atom. The van der Waals surface area contributed by atoms with Crippen molar-refractivity contribution in [3.63, 3.8) is 0 Å². The molecule has 6 heteroatoms. The topological polar surface area (TPSA) is 95.9 Å². The highest BCUT2D eigenvalue weighted by Gasteiger charge is 2.18. The Kier molecular flexibility index (Phi) is 65.4. The minimum atomic E-state index is -0.847. The van der Waals surface area contributed by atoms with Crippen molar-refractivity contribution in [2.75, 3.05) is 13.2 Å². The first kappa shape index (κ1) is 75.8. The molecular formula is C72H135NO5. The van der Waals surface area contributed by atoms with E-state index < -0.39 is 12.1 Å². The molecule has 0 saturated heterocycles. The lowest BCUT2D eigenvalue weighted by Gasteiger charge is -2.20. The van der Waals surface area contributed by atoms with Crippen LogP contribution >= 0.6 is 0 Å². The van der Waals surface area contributed by atoms with Crippen LogP contribution in [-0.2, 0) is 14.3 Å². The smallest absolute Gasteiger partial charge is 0.305 e. The summed E-state index contributed by atoms with van der Waals surface area (Å²) in [6.45, 7) is 4.90. The van der Waals surface area contributed by atoms with Gasteiger partial charge in [0.1, 0.15) is 0 Å². The highest BCUT2D eigenvalue weighted by Crippen LogP contribution is 2.18. The first-order chi connectivity index (χ1) is 38.5. The predicted octanol–water partition coefficient (Wildman–Crippen LogP) is 22.5. The van der Waals surface area contributed by atoms with Crippen molar-refractivity contribution in [3.8, 4) is 0 Å². The minimum absolute atomic E-state index is 0.00156. The van der Waals surface area contributed by atoms with Gasteiger partial charge in [0.25, 0.3) is 0 Å². The van der Waals surface area contributed by atoms with E-state index in [0.29, 0.717) is 19.4 Å². The Morgan fingerprint density at radius 2 is 0.641 bits per heavy atom. The Bertz CT molecular complexity index is 1310. The van der Waals surface area contributed by atoms with Gasteiger partial charge in [0, 0.05) is 12.8 Å². The number of hydrogen-bond donors (Lipinski definition) is 3. The summed E-state index contributed by atoms with van der Waals surface area (Å²) in [5, 5.41) is 23.2. The quantitative estimate of drug-likeness (QED) is 0.0320. The number of ether oxygens (including phenoxy) is 1. The molecule has 0 aliphatic rings. The first-order valence-electron chi connectivity index (χ1n) is 34.9. The number of nitrogens with one attached hydrogen (secondary N) is 1. The van der Waals surface area contributed by atoms with Gasteiger partial charge in [0.05, 0.1) is 25.4 Å². The van der Waals surface area contributed by atoms with Crippen LogP contribution < -0.4 is 5.32 Å². The average Bonchev–Trinajstić information content (AvgIpc) is 3.44. The summed E-state index contributed by atoms with van der Waals surface area (Å²) in [6, 6.07) is -0.630. The molecule has 2 atom stereocenters. The summed E-state index contributed by atoms with van der Waals surface area (Å²) in [5.74, 6) is -0.0646. The third kappa shape index (κ3) is 63.0. The van der Waals surface area contributed by atoms with Crippen LogP contribution in [-0.4, -0.2) is 47.4 Å². The van der Waals surface area contributed by atoms with Gasteiger partial charge in [0.2, 0.25) is 5.91 Å². The van der Waals surface area contributed by atoms with E-state index in [9.17, 15) is 19.8 Å². The van der Waals surface area contributed by atoms with E-state index >= 15 is 0 Å². The number of carbonyl (C=O) groups excluding carboxylic acids is 2. The molecule has 6 nitrogen and oxygen atoms in total. The summed E-state index contributed by atoms with van der Waals surface area (Å²) in [7, 11) is 0. The van der Waals surface area contributed by atoms with Crippen LogP contribution in [0.15, 0.2) is 48.6 Å². The predicted molar refractivity (Wildman–Crippen MR) is 342 cm³/mol. The summed E-state index contributed by atoms with van der Waals surface area (Å²) in [6.07, 6.45) is 87.6. The van der Waals surface area contributed by atoms with E-state index in [0.717, 1.165) is 51.4 Å². The molecule has 0 aliphatic carbocycles. The van der Waals surface area contributed by atoms with Crippen molar-refractivity contribution in [2.45, 2.75) is 386 Å². The van der Waals surface area contributed by atoms with Gasteiger partial charge >= 0.3 is 5.97 Å². The zero-order chi connectivity index (χ0) is 56.4. The second-order valence-corrected chi connectivity index (χ2v) is 23.9. The summed E-state index contributed by atoms with van der Waals surface area (Å²) < 4.78 is 5.47. The Hall–Kier alpha value is -2.18.